The van der Waals surface area contributed by atoms with Gasteiger partial charge in [0.25, 0.3) is 0 Å². The first-order valence-corrected chi connectivity index (χ1v) is 9.15. The summed E-state index contributed by atoms with van der Waals surface area (Å²) in [7, 11) is 0. The van der Waals surface area contributed by atoms with Gasteiger partial charge in [-0.05, 0) is 37.3 Å². The van der Waals surface area contributed by atoms with Crippen molar-refractivity contribution in [2.75, 3.05) is 12.4 Å². The van der Waals surface area contributed by atoms with Crippen LogP contribution in [0.5, 0.6) is 0 Å². The number of Topliss-reactive ketones (excluding diaryl/α,β-unsaturated/α-hetero) is 1. The highest BCUT2D eigenvalue weighted by molar-refractivity contribution is 7.99. The first kappa shape index (κ1) is 13.8. The van der Waals surface area contributed by atoms with Crippen LogP contribution in [0.25, 0.3) is 0 Å². The number of hydrogen-bond donors (Lipinski definition) is 0. The molecule has 1 aromatic rings. The molecule has 1 saturated heterocycles. The molecule has 112 valence electrons. The van der Waals surface area contributed by atoms with Crippen LogP contribution in [0.2, 0.25) is 0 Å². The van der Waals surface area contributed by atoms with Crippen molar-refractivity contribution in [3.8, 4) is 0 Å². The van der Waals surface area contributed by atoms with Crippen LogP contribution in [0.15, 0.2) is 29.2 Å². The van der Waals surface area contributed by atoms with Crippen molar-refractivity contribution in [3.05, 3.63) is 29.8 Å². The van der Waals surface area contributed by atoms with E-state index in [1.807, 2.05) is 11.8 Å². The van der Waals surface area contributed by atoms with Crippen LogP contribution in [-0.2, 0) is 9.53 Å². The van der Waals surface area contributed by atoms with E-state index in [4.69, 9.17) is 4.74 Å². The molecule has 2 aliphatic heterocycles. The van der Waals surface area contributed by atoms with E-state index in [0.717, 1.165) is 38.0 Å². The van der Waals surface area contributed by atoms with Crippen LogP contribution >= 0.6 is 11.8 Å². The van der Waals surface area contributed by atoms with Gasteiger partial charge in [0.2, 0.25) is 0 Å². The predicted octanol–water partition coefficient (Wildman–Crippen LogP) is 4.18. The zero-order chi connectivity index (χ0) is 14.3. The Morgan fingerprint density at radius 2 is 2.05 bits per heavy atom. The van der Waals surface area contributed by atoms with Crippen LogP contribution in [0.1, 0.15) is 50.0 Å². The van der Waals surface area contributed by atoms with Gasteiger partial charge in [0, 0.05) is 23.2 Å². The fourth-order valence-electron chi connectivity index (χ4n) is 4.32. The SMILES string of the molecule is O=C(C1CCOC2(CCCC2)C1)C1CSc2ccccc21. The zero-order valence-electron chi connectivity index (χ0n) is 12.3. The van der Waals surface area contributed by atoms with Gasteiger partial charge in [-0.25, -0.2) is 0 Å². The quantitative estimate of drug-likeness (QED) is 0.819. The van der Waals surface area contributed by atoms with E-state index in [1.54, 1.807) is 0 Å². The largest absolute Gasteiger partial charge is 0.375 e. The van der Waals surface area contributed by atoms with E-state index in [2.05, 4.69) is 24.3 Å². The summed E-state index contributed by atoms with van der Waals surface area (Å²) in [4.78, 5) is 14.3. The summed E-state index contributed by atoms with van der Waals surface area (Å²) in [6.45, 7) is 0.776. The van der Waals surface area contributed by atoms with Crippen LogP contribution < -0.4 is 0 Å². The standard InChI is InChI=1S/C18H22O2S/c19-17(15-12-21-16-6-2-1-5-14(15)16)13-7-10-20-18(11-13)8-3-4-9-18/h1-2,5-6,13,15H,3-4,7-12H2. The lowest BCUT2D eigenvalue weighted by Crippen LogP contribution is -2.41. The lowest BCUT2D eigenvalue weighted by atomic mass is 9.78. The number of thioether (sulfide) groups is 1. The second-order valence-corrected chi connectivity index (χ2v) is 7.79. The molecule has 2 fully saturated rings. The molecule has 0 bridgehead atoms. The molecule has 2 nitrogen and oxygen atoms in total. The van der Waals surface area contributed by atoms with Gasteiger partial charge in [0.15, 0.2) is 0 Å². The molecule has 0 aromatic heterocycles. The normalized spacial score (nSPS) is 30.5. The molecule has 0 N–H and O–H groups in total. The van der Waals surface area contributed by atoms with E-state index in [9.17, 15) is 4.79 Å². The Balaban J connectivity index is 1.53. The van der Waals surface area contributed by atoms with Crippen molar-refractivity contribution in [1.82, 2.24) is 0 Å². The maximum Gasteiger partial charge on any atom is 0.144 e. The average molecular weight is 302 g/mol. The lowest BCUT2D eigenvalue weighted by molar-refractivity contribution is -0.137. The Morgan fingerprint density at radius 3 is 2.90 bits per heavy atom. The van der Waals surface area contributed by atoms with Gasteiger partial charge in [-0.1, -0.05) is 31.0 Å². The third-order valence-corrected chi connectivity index (χ3v) is 6.64. The minimum absolute atomic E-state index is 0.0455. The summed E-state index contributed by atoms with van der Waals surface area (Å²) in [5.74, 6) is 1.74. The molecular formula is C18H22O2S. The molecule has 1 aliphatic carbocycles. The zero-order valence-corrected chi connectivity index (χ0v) is 13.2. The van der Waals surface area contributed by atoms with Gasteiger partial charge in [0.1, 0.15) is 5.78 Å². The fourth-order valence-corrected chi connectivity index (χ4v) is 5.56. The second kappa shape index (κ2) is 5.44. The third-order valence-electron chi connectivity index (χ3n) is 5.45. The first-order valence-electron chi connectivity index (χ1n) is 8.17. The monoisotopic (exact) mass is 302 g/mol. The maximum absolute atomic E-state index is 13.0. The van der Waals surface area contributed by atoms with Crippen LogP contribution in [0.3, 0.4) is 0 Å². The smallest absolute Gasteiger partial charge is 0.144 e. The van der Waals surface area contributed by atoms with Crippen molar-refractivity contribution in [2.45, 2.75) is 54.9 Å². The van der Waals surface area contributed by atoms with Gasteiger partial charge in [-0.2, -0.15) is 0 Å². The summed E-state index contributed by atoms with van der Waals surface area (Å²) in [6.07, 6.45) is 6.74. The Hall–Kier alpha value is -0.800. The van der Waals surface area contributed by atoms with E-state index in [1.165, 1.54) is 23.3 Å². The van der Waals surface area contributed by atoms with Crippen molar-refractivity contribution >= 4 is 17.5 Å². The maximum atomic E-state index is 13.0. The molecule has 2 heterocycles. The molecule has 21 heavy (non-hydrogen) atoms. The average Bonchev–Trinajstić information content (AvgIpc) is 3.14. The number of fused-ring (bicyclic) bond motifs is 1. The fraction of sp³-hybridized carbons (Fsp3) is 0.611. The Bertz CT molecular complexity index is 548. The highest BCUT2D eigenvalue weighted by Crippen LogP contribution is 2.46. The number of ketones is 1. The van der Waals surface area contributed by atoms with Crippen LogP contribution in [0, 0.1) is 5.92 Å². The van der Waals surface area contributed by atoms with E-state index in [-0.39, 0.29) is 17.4 Å². The first-order chi connectivity index (χ1) is 10.3. The molecule has 1 spiro atoms. The topological polar surface area (TPSA) is 26.3 Å². The van der Waals surface area contributed by atoms with Crippen molar-refractivity contribution in [3.63, 3.8) is 0 Å². The van der Waals surface area contributed by atoms with E-state index >= 15 is 0 Å². The summed E-state index contributed by atoms with van der Waals surface area (Å²) in [5.41, 5.74) is 1.31. The summed E-state index contributed by atoms with van der Waals surface area (Å²) in [5, 5.41) is 0. The minimum Gasteiger partial charge on any atom is -0.375 e. The van der Waals surface area contributed by atoms with E-state index < -0.39 is 0 Å². The second-order valence-electron chi connectivity index (χ2n) is 6.73. The number of ether oxygens (including phenoxy) is 1. The Morgan fingerprint density at radius 1 is 1.24 bits per heavy atom. The van der Waals surface area contributed by atoms with Crippen molar-refractivity contribution < 1.29 is 9.53 Å². The van der Waals surface area contributed by atoms with Gasteiger partial charge in [-0.15, -0.1) is 11.8 Å². The van der Waals surface area contributed by atoms with Crippen LogP contribution in [-0.4, -0.2) is 23.7 Å². The number of carbonyl (C=O) groups is 1. The highest BCUT2D eigenvalue weighted by atomic mass is 32.2. The Kier molecular flexibility index (Phi) is 3.58. The number of rotatable bonds is 2. The van der Waals surface area contributed by atoms with Crippen molar-refractivity contribution in [1.29, 1.82) is 0 Å². The molecule has 3 heteroatoms. The molecule has 2 atom stereocenters. The molecule has 1 aromatic carbocycles. The Labute approximate surface area is 130 Å². The number of carbonyl (C=O) groups excluding carboxylic acids is 1. The number of benzene rings is 1. The molecule has 4 rings (SSSR count). The molecule has 0 radical (unpaired) electrons. The van der Waals surface area contributed by atoms with Gasteiger partial charge in [0.05, 0.1) is 11.5 Å². The van der Waals surface area contributed by atoms with Gasteiger partial charge >= 0.3 is 0 Å². The highest BCUT2D eigenvalue weighted by Gasteiger charge is 2.44. The summed E-state index contributed by atoms with van der Waals surface area (Å²) < 4.78 is 6.08. The molecule has 1 saturated carbocycles. The summed E-state index contributed by atoms with van der Waals surface area (Å²) in [6, 6.07) is 8.42. The molecular weight excluding hydrogens is 280 g/mol. The molecule has 3 aliphatic rings. The van der Waals surface area contributed by atoms with Crippen molar-refractivity contribution in [2.24, 2.45) is 5.92 Å². The lowest BCUT2D eigenvalue weighted by Gasteiger charge is -2.38. The predicted molar refractivity (Wildman–Crippen MR) is 84.8 cm³/mol. The van der Waals surface area contributed by atoms with E-state index in [0.29, 0.717) is 5.78 Å². The van der Waals surface area contributed by atoms with Gasteiger partial charge in [-0.3, -0.25) is 4.79 Å². The molecule has 0 amide bonds. The molecule has 2 unspecified atom stereocenters. The third kappa shape index (κ3) is 2.44. The van der Waals surface area contributed by atoms with Crippen LogP contribution in [0.4, 0.5) is 0 Å². The minimum atomic E-state index is 0.0455. The van der Waals surface area contributed by atoms with Gasteiger partial charge < -0.3 is 4.74 Å². The number of hydrogen-bond acceptors (Lipinski definition) is 3. The summed E-state index contributed by atoms with van der Waals surface area (Å²) >= 11 is 1.84.